The zero-order valence-electron chi connectivity index (χ0n) is 15.8. The molecule has 2 aromatic heterocycles. The van der Waals surface area contributed by atoms with Crippen LogP contribution in [0.1, 0.15) is 11.1 Å². The number of nitrogens with one attached hydrogen (secondary N) is 2. The highest BCUT2D eigenvalue weighted by Gasteiger charge is 2.17. The average molecular weight is 427 g/mol. The minimum Gasteiger partial charge on any atom is -0.298 e. The molecule has 8 nitrogen and oxygen atoms in total. The summed E-state index contributed by atoms with van der Waals surface area (Å²) in [4.78, 5) is 31.1. The first-order chi connectivity index (χ1) is 14.5. The van der Waals surface area contributed by atoms with Crippen LogP contribution in [0.2, 0.25) is 5.02 Å². The number of fused-ring (bicyclic) bond motifs is 1. The Balaban J connectivity index is 1.80. The number of hydrogen-bond donors (Lipinski definition) is 2. The maximum atomic E-state index is 14.0. The molecule has 30 heavy (non-hydrogen) atoms. The van der Waals surface area contributed by atoms with Crippen molar-refractivity contribution in [2.24, 2.45) is 12.1 Å². The van der Waals surface area contributed by atoms with E-state index in [9.17, 15) is 14.0 Å². The van der Waals surface area contributed by atoms with Crippen molar-refractivity contribution in [2.75, 3.05) is 5.43 Å². The molecule has 0 aliphatic rings. The number of halogens is 2. The van der Waals surface area contributed by atoms with Gasteiger partial charge in [-0.2, -0.15) is 10.1 Å². The van der Waals surface area contributed by atoms with E-state index in [0.29, 0.717) is 6.54 Å². The molecule has 2 N–H and O–H groups in total. The van der Waals surface area contributed by atoms with E-state index < -0.39 is 17.1 Å². The number of aromatic amines is 1. The summed E-state index contributed by atoms with van der Waals surface area (Å²) in [7, 11) is 1.51. The molecule has 0 bridgehead atoms. The predicted octanol–water partition coefficient (Wildman–Crippen LogP) is 2.71. The van der Waals surface area contributed by atoms with Crippen LogP contribution in [0.3, 0.4) is 0 Å². The summed E-state index contributed by atoms with van der Waals surface area (Å²) >= 11 is 6.01. The number of hydrazone groups is 1. The molecule has 2 heterocycles. The molecule has 0 atom stereocenters. The first-order valence-electron chi connectivity index (χ1n) is 8.92. The number of H-pyrrole nitrogens is 1. The van der Waals surface area contributed by atoms with Gasteiger partial charge in [0.05, 0.1) is 17.8 Å². The summed E-state index contributed by atoms with van der Waals surface area (Å²) in [6, 6.07) is 13.7. The van der Waals surface area contributed by atoms with Gasteiger partial charge in [-0.25, -0.2) is 14.6 Å². The molecule has 0 unspecified atom stereocenters. The highest BCUT2D eigenvalue weighted by molar-refractivity contribution is 6.33. The normalized spacial score (nSPS) is 11.4. The standard InChI is InChI=1S/C20H16ClFN6O2/c1-27-17-16(18(29)25-20(27)30)28(11-12-6-3-2-4-7-12)19(24-17)26-23-10-13-14(21)8-5-9-15(13)22/h2-10H,11H2,1H3,(H,24,26)(H,25,29,30). The van der Waals surface area contributed by atoms with Crippen molar-refractivity contribution in [3.05, 3.63) is 91.3 Å². The summed E-state index contributed by atoms with van der Waals surface area (Å²) in [6.45, 7) is 0.303. The molecule has 0 amide bonds. The summed E-state index contributed by atoms with van der Waals surface area (Å²) in [5.74, 6) is -0.311. The lowest BCUT2D eigenvalue weighted by atomic mass is 10.2. The minimum atomic E-state index is -0.579. The summed E-state index contributed by atoms with van der Waals surface area (Å²) in [5.41, 5.74) is 3.02. The summed E-state index contributed by atoms with van der Waals surface area (Å²) in [6.07, 6.45) is 1.23. The van der Waals surface area contributed by atoms with Crippen molar-refractivity contribution in [1.82, 2.24) is 19.1 Å². The molecule has 0 saturated carbocycles. The van der Waals surface area contributed by atoms with Crippen molar-refractivity contribution in [3.8, 4) is 0 Å². The Morgan fingerprint density at radius 2 is 1.97 bits per heavy atom. The van der Waals surface area contributed by atoms with Gasteiger partial charge in [0.1, 0.15) is 5.82 Å². The van der Waals surface area contributed by atoms with E-state index in [1.165, 1.54) is 30.0 Å². The third kappa shape index (κ3) is 3.62. The maximum absolute atomic E-state index is 14.0. The lowest BCUT2D eigenvalue weighted by Crippen LogP contribution is -2.29. The molecule has 0 aliphatic carbocycles. The highest BCUT2D eigenvalue weighted by atomic mass is 35.5. The van der Waals surface area contributed by atoms with Gasteiger partial charge in [-0.3, -0.25) is 18.9 Å². The van der Waals surface area contributed by atoms with Crippen LogP contribution in [0.25, 0.3) is 11.2 Å². The Morgan fingerprint density at radius 3 is 2.70 bits per heavy atom. The number of aryl methyl sites for hydroxylation is 1. The zero-order valence-corrected chi connectivity index (χ0v) is 16.5. The highest BCUT2D eigenvalue weighted by Crippen LogP contribution is 2.19. The Labute approximate surface area is 174 Å². The molecule has 0 fully saturated rings. The third-order valence-electron chi connectivity index (χ3n) is 4.55. The van der Waals surface area contributed by atoms with Crippen molar-refractivity contribution >= 4 is 34.9 Å². The van der Waals surface area contributed by atoms with Gasteiger partial charge < -0.3 is 0 Å². The van der Waals surface area contributed by atoms with Crippen LogP contribution >= 0.6 is 11.6 Å². The molecule has 4 aromatic rings. The lowest BCUT2D eigenvalue weighted by Gasteiger charge is -2.08. The third-order valence-corrected chi connectivity index (χ3v) is 4.88. The van der Waals surface area contributed by atoms with Crippen LogP contribution in [0.15, 0.2) is 63.2 Å². The second-order valence-corrected chi connectivity index (χ2v) is 6.91. The van der Waals surface area contributed by atoms with Crippen LogP contribution in [0, 0.1) is 5.82 Å². The van der Waals surface area contributed by atoms with E-state index in [-0.39, 0.29) is 27.7 Å². The number of aromatic nitrogens is 4. The first-order valence-corrected chi connectivity index (χ1v) is 9.30. The Hall–Kier alpha value is -3.72. The molecule has 0 aliphatic heterocycles. The largest absolute Gasteiger partial charge is 0.329 e. The molecule has 10 heteroatoms. The quantitative estimate of drug-likeness (QED) is 0.379. The summed E-state index contributed by atoms with van der Waals surface area (Å²) in [5, 5.41) is 4.24. The number of rotatable bonds is 5. The zero-order chi connectivity index (χ0) is 21.3. The van der Waals surface area contributed by atoms with Gasteiger partial charge in [-0.15, -0.1) is 0 Å². The SMILES string of the molecule is Cn1c(=O)[nH]c(=O)c2c1nc(NN=Cc1c(F)cccc1Cl)n2Cc1ccccc1. The predicted molar refractivity (Wildman–Crippen MR) is 114 cm³/mol. The monoisotopic (exact) mass is 426 g/mol. The van der Waals surface area contributed by atoms with E-state index in [4.69, 9.17) is 11.6 Å². The van der Waals surface area contributed by atoms with E-state index in [0.717, 1.165) is 5.56 Å². The van der Waals surface area contributed by atoms with Crippen LogP contribution in [0.4, 0.5) is 10.3 Å². The van der Waals surface area contributed by atoms with Gasteiger partial charge >= 0.3 is 5.69 Å². The number of imidazole rings is 1. The van der Waals surface area contributed by atoms with Crippen molar-refractivity contribution in [3.63, 3.8) is 0 Å². The van der Waals surface area contributed by atoms with E-state index in [1.807, 2.05) is 30.3 Å². The smallest absolute Gasteiger partial charge is 0.298 e. The summed E-state index contributed by atoms with van der Waals surface area (Å²) < 4.78 is 16.8. The minimum absolute atomic E-state index is 0.114. The van der Waals surface area contributed by atoms with Crippen LogP contribution in [0.5, 0.6) is 0 Å². The Bertz CT molecular complexity index is 1350. The average Bonchev–Trinajstić information content (AvgIpc) is 3.08. The number of benzene rings is 2. The molecule has 0 saturated heterocycles. The van der Waals surface area contributed by atoms with Crippen molar-refractivity contribution < 1.29 is 4.39 Å². The van der Waals surface area contributed by atoms with Gasteiger partial charge in [-0.1, -0.05) is 48.0 Å². The number of nitrogens with zero attached hydrogens (tertiary/aromatic N) is 4. The fourth-order valence-electron chi connectivity index (χ4n) is 3.03. The number of hydrogen-bond acceptors (Lipinski definition) is 5. The lowest BCUT2D eigenvalue weighted by molar-refractivity contribution is 0.626. The van der Waals surface area contributed by atoms with Gasteiger partial charge in [0.25, 0.3) is 5.56 Å². The molecule has 0 radical (unpaired) electrons. The molecule has 4 rings (SSSR count). The number of anilines is 1. The van der Waals surface area contributed by atoms with Crippen LogP contribution in [-0.2, 0) is 13.6 Å². The van der Waals surface area contributed by atoms with Crippen molar-refractivity contribution in [2.45, 2.75) is 6.54 Å². The van der Waals surface area contributed by atoms with E-state index >= 15 is 0 Å². The van der Waals surface area contributed by atoms with Gasteiger partial charge in [0.15, 0.2) is 11.2 Å². The van der Waals surface area contributed by atoms with Gasteiger partial charge in [0.2, 0.25) is 5.95 Å². The Morgan fingerprint density at radius 1 is 1.20 bits per heavy atom. The van der Waals surface area contributed by atoms with Gasteiger partial charge in [-0.05, 0) is 17.7 Å². The topological polar surface area (TPSA) is 97.1 Å². The Kier molecular flexibility index (Phi) is 5.20. The van der Waals surface area contributed by atoms with Gasteiger partial charge in [0, 0.05) is 12.6 Å². The molecular formula is C20H16ClFN6O2. The molecular weight excluding hydrogens is 411 g/mol. The van der Waals surface area contributed by atoms with Crippen molar-refractivity contribution in [1.29, 1.82) is 0 Å². The van der Waals surface area contributed by atoms with E-state index in [1.54, 1.807) is 10.6 Å². The second-order valence-electron chi connectivity index (χ2n) is 6.50. The van der Waals surface area contributed by atoms with Crippen LogP contribution < -0.4 is 16.7 Å². The molecule has 2 aromatic carbocycles. The maximum Gasteiger partial charge on any atom is 0.329 e. The fourth-order valence-corrected chi connectivity index (χ4v) is 3.24. The molecule has 152 valence electrons. The van der Waals surface area contributed by atoms with E-state index in [2.05, 4.69) is 20.5 Å². The fraction of sp³-hybridized carbons (Fsp3) is 0.100. The van der Waals surface area contributed by atoms with Crippen LogP contribution in [-0.4, -0.2) is 25.3 Å². The first kappa shape index (κ1) is 19.6. The molecule has 0 spiro atoms. The second kappa shape index (κ2) is 7.96.